The Balaban J connectivity index is 1.81. The molecule has 0 aliphatic heterocycles. The van der Waals surface area contributed by atoms with Crippen molar-refractivity contribution >= 4 is 26.8 Å². The summed E-state index contributed by atoms with van der Waals surface area (Å²) < 4.78 is 26.8. The monoisotopic (exact) mass is 399 g/mol. The standard InChI is InChI=1S/C20H25N5O2S/c1-3-4-5-8-17(15-25-20-10-7-6-9-19(20)22-23-25)21-24-28(26,27)18-13-11-16(2)12-14-18/h6-7,9-14,24H,3-5,8,15H2,1-2H3/b21-17-. The molecule has 0 saturated carbocycles. The van der Waals surface area contributed by atoms with E-state index in [4.69, 9.17) is 0 Å². The molecule has 1 aromatic heterocycles. The Hall–Kier alpha value is -2.74. The molecule has 1 heterocycles. The molecular formula is C20H25N5O2S. The molecule has 7 nitrogen and oxygen atoms in total. The van der Waals surface area contributed by atoms with Gasteiger partial charge in [-0.05, 0) is 44.0 Å². The highest BCUT2D eigenvalue weighted by Gasteiger charge is 2.14. The molecule has 0 radical (unpaired) electrons. The Morgan fingerprint density at radius 2 is 1.86 bits per heavy atom. The maximum atomic E-state index is 12.5. The van der Waals surface area contributed by atoms with E-state index < -0.39 is 10.0 Å². The fraction of sp³-hybridized carbons (Fsp3) is 0.350. The zero-order valence-corrected chi connectivity index (χ0v) is 17.0. The average molecular weight is 400 g/mol. The van der Waals surface area contributed by atoms with Gasteiger partial charge in [-0.15, -0.1) is 5.10 Å². The van der Waals surface area contributed by atoms with Crippen molar-refractivity contribution in [1.82, 2.24) is 19.8 Å². The van der Waals surface area contributed by atoms with Crippen molar-refractivity contribution in [3.05, 3.63) is 54.1 Å². The molecule has 0 amide bonds. The molecule has 1 N–H and O–H groups in total. The van der Waals surface area contributed by atoms with Crippen LogP contribution in [-0.4, -0.2) is 29.1 Å². The number of benzene rings is 2. The first kappa shape index (κ1) is 20.0. The number of nitrogens with one attached hydrogen (secondary N) is 1. The molecule has 0 spiro atoms. The zero-order chi connectivity index (χ0) is 20.0. The molecule has 0 unspecified atom stereocenters. The topological polar surface area (TPSA) is 89.2 Å². The van der Waals surface area contributed by atoms with Crippen molar-refractivity contribution in [2.24, 2.45) is 5.10 Å². The van der Waals surface area contributed by atoms with E-state index in [0.717, 1.165) is 41.6 Å². The number of hydrazone groups is 1. The van der Waals surface area contributed by atoms with Gasteiger partial charge in [0.25, 0.3) is 10.0 Å². The summed E-state index contributed by atoms with van der Waals surface area (Å²) in [5.41, 5.74) is 3.42. The number of aromatic nitrogens is 3. The van der Waals surface area contributed by atoms with Crippen LogP contribution in [0.25, 0.3) is 11.0 Å². The Labute approximate surface area is 165 Å². The summed E-state index contributed by atoms with van der Waals surface area (Å²) in [6, 6.07) is 14.4. The van der Waals surface area contributed by atoms with Gasteiger partial charge in [0.15, 0.2) is 0 Å². The number of fused-ring (bicyclic) bond motifs is 1. The lowest BCUT2D eigenvalue weighted by molar-refractivity contribution is 0.583. The number of para-hydroxylation sites is 1. The van der Waals surface area contributed by atoms with Crippen molar-refractivity contribution < 1.29 is 8.42 Å². The van der Waals surface area contributed by atoms with Gasteiger partial charge in [0.05, 0.1) is 22.7 Å². The van der Waals surface area contributed by atoms with Gasteiger partial charge in [-0.2, -0.15) is 13.5 Å². The Morgan fingerprint density at radius 1 is 1.11 bits per heavy atom. The van der Waals surface area contributed by atoms with Crippen molar-refractivity contribution in [1.29, 1.82) is 0 Å². The lowest BCUT2D eigenvalue weighted by Crippen LogP contribution is -2.22. The fourth-order valence-electron chi connectivity index (χ4n) is 2.85. The van der Waals surface area contributed by atoms with Gasteiger partial charge in [0.2, 0.25) is 0 Å². The highest BCUT2D eigenvalue weighted by molar-refractivity contribution is 7.89. The van der Waals surface area contributed by atoms with Crippen LogP contribution in [0, 0.1) is 6.92 Å². The van der Waals surface area contributed by atoms with Crippen LogP contribution in [0.5, 0.6) is 0 Å². The summed E-state index contributed by atoms with van der Waals surface area (Å²) in [6.07, 6.45) is 3.77. The molecule has 0 aliphatic carbocycles. The second-order valence-corrected chi connectivity index (χ2v) is 8.44. The van der Waals surface area contributed by atoms with Gasteiger partial charge in [0, 0.05) is 0 Å². The second kappa shape index (κ2) is 8.97. The van der Waals surface area contributed by atoms with E-state index in [2.05, 4.69) is 27.2 Å². The molecule has 8 heteroatoms. The van der Waals surface area contributed by atoms with Crippen LogP contribution in [0.3, 0.4) is 0 Å². The minimum absolute atomic E-state index is 0.195. The van der Waals surface area contributed by atoms with Crippen LogP contribution >= 0.6 is 0 Å². The van der Waals surface area contributed by atoms with Gasteiger partial charge in [-0.25, -0.2) is 9.51 Å². The molecule has 0 atom stereocenters. The first-order chi connectivity index (χ1) is 13.5. The normalized spacial score (nSPS) is 12.4. The molecule has 2 aromatic carbocycles. The molecule has 28 heavy (non-hydrogen) atoms. The summed E-state index contributed by atoms with van der Waals surface area (Å²) in [5.74, 6) is 0. The number of hydrogen-bond donors (Lipinski definition) is 1. The first-order valence-corrected chi connectivity index (χ1v) is 10.9. The van der Waals surface area contributed by atoms with Crippen LogP contribution in [0.2, 0.25) is 0 Å². The molecule has 0 bridgehead atoms. The summed E-state index contributed by atoms with van der Waals surface area (Å²) >= 11 is 0. The average Bonchev–Trinajstić information content (AvgIpc) is 3.09. The van der Waals surface area contributed by atoms with Crippen LogP contribution in [-0.2, 0) is 16.6 Å². The Bertz CT molecular complexity index is 1060. The zero-order valence-electron chi connectivity index (χ0n) is 16.2. The Kier molecular flexibility index (Phi) is 6.41. The maximum Gasteiger partial charge on any atom is 0.276 e. The minimum atomic E-state index is -3.71. The number of aryl methyl sites for hydroxylation is 1. The largest absolute Gasteiger partial charge is 0.276 e. The molecule has 0 aliphatic rings. The summed E-state index contributed by atoms with van der Waals surface area (Å²) in [4.78, 5) is 2.58. The SMILES string of the molecule is CCCCC/C(Cn1nnc2ccccc21)=N/NS(=O)(=O)c1ccc(C)cc1. The molecule has 3 aromatic rings. The molecular weight excluding hydrogens is 374 g/mol. The molecule has 0 saturated heterocycles. The lowest BCUT2D eigenvalue weighted by Gasteiger charge is -2.09. The van der Waals surface area contributed by atoms with Gasteiger partial charge in [-0.1, -0.05) is 54.8 Å². The van der Waals surface area contributed by atoms with Crippen LogP contribution in [0.1, 0.15) is 38.2 Å². The highest BCUT2D eigenvalue weighted by atomic mass is 32.2. The number of rotatable bonds is 9. The number of unbranched alkanes of at least 4 members (excludes halogenated alkanes) is 2. The van der Waals surface area contributed by atoms with Crippen LogP contribution < -0.4 is 4.83 Å². The smallest absolute Gasteiger partial charge is 0.239 e. The first-order valence-electron chi connectivity index (χ1n) is 9.42. The van der Waals surface area contributed by atoms with Gasteiger partial charge in [0.1, 0.15) is 5.52 Å². The van der Waals surface area contributed by atoms with Gasteiger partial charge in [-0.3, -0.25) is 0 Å². The van der Waals surface area contributed by atoms with Crippen LogP contribution in [0.15, 0.2) is 58.5 Å². The third-order valence-electron chi connectivity index (χ3n) is 4.48. The predicted molar refractivity (Wildman–Crippen MR) is 111 cm³/mol. The molecule has 3 rings (SSSR count). The summed E-state index contributed by atoms with van der Waals surface area (Å²) in [6.45, 7) is 4.43. The fourth-order valence-corrected chi connectivity index (χ4v) is 3.70. The third kappa shape index (κ3) is 4.95. The predicted octanol–water partition coefficient (Wildman–Crippen LogP) is 3.65. The van der Waals surface area contributed by atoms with Crippen molar-refractivity contribution in [3.63, 3.8) is 0 Å². The van der Waals surface area contributed by atoms with Crippen molar-refractivity contribution in [2.75, 3.05) is 0 Å². The van der Waals surface area contributed by atoms with Gasteiger partial charge < -0.3 is 0 Å². The second-order valence-electron chi connectivity index (χ2n) is 6.78. The maximum absolute atomic E-state index is 12.5. The summed E-state index contributed by atoms with van der Waals surface area (Å²) in [5, 5.41) is 12.6. The number of nitrogens with zero attached hydrogens (tertiary/aromatic N) is 4. The van der Waals surface area contributed by atoms with Crippen molar-refractivity contribution in [3.8, 4) is 0 Å². The molecule has 148 valence electrons. The lowest BCUT2D eigenvalue weighted by atomic mass is 10.1. The van der Waals surface area contributed by atoms with Crippen molar-refractivity contribution in [2.45, 2.75) is 51.0 Å². The van der Waals surface area contributed by atoms with E-state index >= 15 is 0 Å². The van der Waals surface area contributed by atoms with Crippen LogP contribution in [0.4, 0.5) is 0 Å². The van der Waals surface area contributed by atoms with E-state index in [1.807, 2.05) is 31.2 Å². The van der Waals surface area contributed by atoms with E-state index in [1.54, 1.807) is 28.9 Å². The third-order valence-corrected chi connectivity index (χ3v) is 5.70. The quantitative estimate of drug-likeness (QED) is 0.338. The Morgan fingerprint density at radius 3 is 2.61 bits per heavy atom. The van der Waals surface area contributed by atoms with E-state index in [-0.39, 0.29) is 4.90 Å². The number of hydrogen-bond acceptors (Lipinski definition) is 5. The van der Waals surface area contributed by atoms with E-state index in [0.29, 0.717) is 13.0 Å². The van der Waals surface area contributed by atoms with E-state index in [9.17, 15) is 8.42 Å². The minimum Gasteiger partial charge on any atom is -0.239 e. The summed E-state index contributed by atoms with van der Waals surface area (Å²) in [7, 11) is -3.71. The van der Waals surface area contributed by atoms with E-state index in [1.165, 1.54) is 0 Å². The highest BCUT2D eigenvalue weighted by Crippen LogP contribution is 2.13. The molecule has 0 fully saturated rings. The number of sulfonamides is 1. The van der Waals surface area contributed by atoms with Gasteiger partial charge >= 0.3 is 0 Å².